The van der Waals surface area contributed by atoms with Gasteiger partial charge in [-0.25, -0.2) is 14.6 Å². The third kappa shape index (κ3) is 5.05. The van der Waals surface area contributed by atoms with Crippen molar-refractivity contribution < 1.29 is 37.4 Å². The molecule has 0 fully saturated rings. The van der Waals surface area contributed by atoms with E-state index < -0.39 is 31.5 Å². The summed E-state index contributed by atoms with van der Waals surface area (Å²) in [6.07, 6.45) is -1.35. The fourth-order valence-corrected chi connectivity index (χ4v) is 4.85. The van der Waals surface area contributed by atoms with Gasteiger partial charge in [0.05, 0.1) is 37.3 Å². The average molecular weight is 422 g/mol. The maximum absolute atomic E-state index is 13.4. The van der Waals surface area contributed by atoms with Crippen LogP contribution < -0.4 is 0 Å². The second kappa shape index (κ2) is 10.2. The number of nitrogens with zero attached hydrogens (tertiary/aromatic N) is 2. The fourth-order valence-electron chi connectivity index (χ4n) is 2.84. The second-order valence-electron chi connectivity index (χ2n) is 6.20. The largest absolute Gasteiger partial charge is 0.448 e. The summed E-state index contributed by atoms with van der Waals surface area (Å²) in [7, 11) is -2.49. The Balaban J connectivity index is 3.65. The molecule has 11 heteroatoms. The van der Waals surface area contributed by atoms with Crippen LogP contribution in [0, 0.1) is 0 Å². The van der Waals surface area contributed by atoms with Crippen molar-refractivity contribution in [2.24, 2.45) is 0 Å². The van der Waals surface area contributed by atoms with Gasteiger partial charge in [-0.2, -0.15) is 5.01 Å². The summed E-state index contributed by atoms with van der Waals surface area (Å²) in [5, 5.41) is 2.13. The van der Waals surface area contributed by atoms with E-state index in [1.165, 1.54) is 7.11 Å². The number of amides is 2. The van der Waals surface area contributed by atoms with E-state index >= 15 is 0 Å². The Labute approximate surface area is 166 Å². The van der Waals surface area contributed by atoms with Crippen LogP contribution in [0.5, 0.6) is 0 Å². The number of ether oxygens (including phenoxy) is 3. The predicted octanol–water partition coefficient (Wildman–Crippen LogP) is 3.73. The molecule has 0 aromatic heterocycles. The summed E-state index contributed by atoms with van der Waals surface area (Å²) in [5.74, 6) is 0. The Hall–Kier alpha value is -1.61. The maximum Gasteiger partial charge on any atom is 0.431 e. The SMILES string of the molecule is CCOC(=O)N1C(OC)C(P(=O)(OCC)OCC)=CC(C)(C)N1C(=O)OCC. The van der Waals surface area contributed by atoms with Gasteiger partial charge in [0.2, 0.25) is 0 Å². The molecule has 28 heavy (non-hydrogen) atoms. The Bertz CT molecular complexity index is 627. The van der Waals surface area contributed by atoms with E-state index in [1.807, 2.05) is 0 Å². The van der Waals surface area contributed by atoms with Crippen LogP contribution in [0.1, 0.15) is 41.5 Å². The van der Waals surface area contributed by atoms with Crippen molar-refractivity contribution in [2.45, 2.75) is 53.3 Å². The van der Waals surface area contributed by atoms with E-state index in [0.29, 0.717) is 0 Å². The van der Waals surface area contributed by atoms with E-state index in [-0.39, 0.29) is 31.7 Å². The first-order valence-corrected chi connectivity index (χ1v) is 10.8. The Morgan fingerprint density at radius 3 is 1.93 bits per heavy atom. The number of hydrazine groups is 1. The molecule has 0 aromatic carbocycles. The molecule has 0 radical (unpaired) electrons. The summed E-state index contributed by atoms with van der Waals surface area (Å²) < 4.78 is 40.0. The molecule has 2 amide bonds. The zero-order valence-electron chi connectivity index (χ0n) is 17.6. The maximum atomic E-state index is 13.4. The summed E-state index contributed by atoms with van der Waals surface area (Å²) in [4.78, 5) is 25.4. The first kappa shape index (κ1) is 24.4. The molecule has 1 atom stereocenters. The number of hydrogen-bond acceptors (Lipinski definition) is 8. The van der Waals surface area contributed by atoms with Crippen molar-refractivity contribution >= 4 is 19.8 Å². The Morgan fingerprint density at radius 1 is 1.00 bits per heavy atom. The summed E-state index contributed by atoms with van der Waals surface area (Å²) in [6, 6.07) is 0. The summed E-state index contributed by atoms with van der Waals surface area (Å²) in [6.45, 7) is 10.4. The van der Waals surface area contributed by atoms with Crippen molar-refractivity contribution in [3.8, 4) is 0 Å². The third-order valence-electron chi connectivity index (χ3n) is 3.77. The van der Waals surface area contributed by atoms with Crippen LogP contribution in [-0.2, 0) is 27.8 Å². The lowest BCUT2D eigenvalue weighted by atomic mass is 10.0. The van der Waals surface area contributed by atoms with Gasteiger partial charge in [0.15, 0.2) is 6.23 Å². The van der Waals surface area contributed by atoms with Crippen LogP contribution in [-0.4, -0.2) is 67.5 Å². The second-order valence-corrected chi connectivity index (χ2v) is 8.23. The molecule has 0 aliphatic carbocycles. The van der Waals surface area contributed by atoms with Crippen LogP contribution in [0.2, 0.25) is 0 Å². The van der Waals surface area contributed by atoms with E-state index in [2.05, 4.69) is 0 Å². The highest BCUT2D eigenvalue weighted by Gasteiger charge is 2.53. The summed E-state index contributed by atoms with van der Waals surface area (Å²) in [5.41, 5.74) is -1.12. The normalized spacial score (nSPS) is 19.2. The molecule has 0 N–H and O–H groups in total. The molecule has 1 rings (SSSR count). The van der Waals surface area contributed by atoms with Crippen LogP contribution in [0.25, 0.3) is 0 Å². The standard InChI is InChI=1S/C17H31N2O8P/c1-8-24-15(20)18-14(23-7)13(28(22,26-10-3)27-11-4)12-17(5,6)19(18)16(21)25-9-2/h12,14H,8-11H2,1-7H3. The molecule has 0 saturated carbocycles. The molecular weight excluding hydrogens is 391 g/mol. The highest BCUT2D eigenvalue weighted by Crippen LogP contribution is 2.60. The number of rotatable bonds is 8. The lowest BCUT2D eigenvalue weighted by Crippen LogP contribution is -2.65. The van der Waals surface area contributed by atoms with Crippen LogP contribution in [0.4, 0.5) is 9.59 Å². The molecule has 162 valence electrons. The van der Waals surface area contributed by atoms with Crippen molar-refractivity contribution in [1.29, 1.82) is 0 Å². The van der Waals surface area contributed by atoms with Gasteiger partial charge in [0, 0.05) is 7.11 Å². The Morgan fingerprint density at radius 2 is 1.50 bits per heavy atom. The minimum absolute atomic E-state index is 0.0660. The molecule has 10 nitrogen and oxygen atoms in total. The number of carbonyl (C=O) groups is 2. The van der Waals surface area contributed by atoms with Crippen molar-refractivity contribution in [3.05, 3.63) is 11.4 Å². The van der Waals surface area contributed by atoms with E-state index in [0.717, 1.165) is 10.0 Å². The molecule has 0 saturated heterocycles. The van der Waals surface area contributed by atoms with Gasteiger partial charge in [-0.1, -0.05) is 0 Å². The zero-order valence-corrected chi connectivity index (χ0v) is 18.5. The van der Waals surface area contributed by atoms with Gasteiger partial charge in [-0.05, 0) is 47.6 Å². The molecule has 0 spiro atoms. The van der Waals surface area contributed by atoms with Gasteiger partial charge in [0.25, 0.3) is 0 Å². The predicted molar refractivity (Wildman–Crippen MR) is 102 cm³/mol. The monoisotopic (exact) mass is 422 g/mol. The van der Waals surface area contributed by atoms with Gasteiger partial charge in [0.1, 0.15) is 0 Å². The highest BCUT2D eigenvalue weighted by molar-refractivity contribution is 7.58. The van der Waals surface area contributed by atoms with Crippen LogP contribution in [0.15, 0.2) is 11.4 Å². The molecular formula is C17H31N2O8P. The minimum atomic E-state index is -3.81. The van der Waals surface area contributed by atoms with E-state index in [4.69, 9.17) is 23.3 Å². The smallest absolute Gasteiger partial charge is 0.431 e. The lowest BCUT2D eigenvalue weighted by Gasteiger charge is -2.49. The molecule has 0 bridgehead atoms. The highest BCUT2D eigenvalue weighted by atomic mass is 31.2. The lowest BCUT2D eigenvalue weighted by molar-refractivity contribution is -0.141. The zero-order chi connectivity index (χ0) is 21.5. The Kier molecular flexibility index (Phi) is 8.94. The van der Waals surface area contributed by atoms with Crippen LogP contribution >= 0.6 is 7.60 Å². The van der Waals surface area contributed by atoms with E-state index in [9.17, 15) is 14.2 Å². The number of carbonyl (C=O) groups excluding carboxylic acids is 2. The average Bonchev–Trinajstić information content (AvgIpc) is 2.60. The van der Waals surface area contributed by atoms with Gasteiger partial charge in [-0.3, -0.25) is 4.57 Å². The van der Waals surface area contributed by atoms with Crippen molar-refractivity contribution in [1.82, 2.24) is 10.0 Å². The molecule has 1 aliphatic heterocycles. The fraction of sp³-hybridized carbons (Fsp3) is 0.765. The summed E-state index contributed by atoms with van der Waals surface area (Å²) >= 11 is 0. The molecule has 1 heterocycles. The van der Waals surface area contributed by atoms with Crippen molar-refractivity contribution in [3.63, 3.8) is 0 Å². The number of hydrogen-bond donors (Lipinski definition) is 0. The minimum Gasteiger partial charge on any atom is -0.448 e. The quantitative estimate of drug-likeness (QED) is 0.545. The number of methoxy groups -OCH3 is 1. The van der Waals surface area contributed by atoms with E-state index in [1.54, 1.807) is 47.6 Å². The van der Waals surface area contributed by atoms with Gasteiger partial charge in [-0.15, -0.1) is 0 Å². The van der Waals surface area contributed by atoms with Gasteiger partial charge < -0.3 is 23.3 Å². The van der Waals surface area contributed by atoms with Crippen LogP contribution in [0.3, 0.4) is 0 Å². The first-order valence-electron chi connectivity index (χ1n) is 9.21. The third-order valence-corrected chi connectivity index (χ3v) is 5.95. The van der Waals surface area contributed by atoms with Crippen molar-refractivity contribution in [2.75, 3.05) is 33.5 Å². The topological polar surface area (TPSA) is 104 Å². The van der Waals surface area contributed by atoms with Gasteiger partial charge >= 0.3 is 19.8 Å². The first-order chi connectivity index (χ1) is 13.1. The molecule has 0 aromatic rings. The molecule has 1 unspecified atom stereocenters. The molecule has 1 aliphatic rings.